The Bertz CT molecular complexity index is 503. The number of rotatable bonds is 5. The molecule has 0 bridgehead atoms. The van der Waals surface area contributed by atoms with Gasteiger partial charge < -0.3 is 14.8 Å². The average Bonchev–Trinajstić information content (AvgIpc) is 2.44. The summed E-state index contributed by atoms with van der Waals surface area (Å²) in [6, 6.07) is 4.53. The normalized spacial score (nSPS) is 25.0. The monoisotopic (exact) mass is 314 g/mol. The highest BCUT2D eigenvalue weighted by Gasteiger charge is 2.26. The average molecular weight is 314 g/mol. The topological polar surface area (TPSA) is 60.5 Å². The van der Waals surface area contributed by atoms with E-state index in [-0.39, 0.29) is 35.7 Å². The third kappa shape index (κ3) is 4.91. The van der Waals surface area contributed by atoms with E-state index >= 15 is 0 Å². The highest BCUT2D eigenvalue weighted by molar-refractivity contribution is 5.92. The molecule has 2 atom stereocenters. The van der Waals surface area contributed by atoms with Gasteiger partial charge in [0, 0.05) is 12.1 Å². The fourth-order valence-corrected chi connectivity index (χ4v) is 2.55. The molecule has 1 fully saturated rings. The second-order valence-corrected chi connectivity index (χ2v) is 5.46. The van der Waals surface area contributed by atoms with Gasteiger partial charge in [0.1, 0.15) is 5.69 Å². The molecule has 1 aliphatic rings. The van der Waals surface area contributed by atoms with Crippen molar-refractivity contribution in [2.75, 3.05) is 6.61 Å². The maximum atomic E-state index is 12.2. The molecule has 5 nitrogen and oxygen atoms in total. The molecule has 0 aliphatic carbocycles. The molecule has 122 valence electrons. The highest BCUT2D eigenvalue weighted by Crippen LogP contribution is 2.19. The van der Waals surface area contributed by atoms with Crippen molar-refractivity contribution < 1.29 is 23.0 Å². The number of amides is 1. The minimum absolute atomic E-state index is 0.0127. The molecular formula is C15H20F2N2O3. The summed E-state index contributed by atoms with van der Waals surface area (Å²) in [5.41, 5.74) is 0.151. The van der Waals surface area contributed by atoms with Crippen LogP contribution in [0.25, 0.3) is 0 Å². The number of pyridine rings is 1. The van der Waals surface area contributed by atoms with Crippen LogP contribution in [-0.2, 0) is 4.74 Å². The van der Waals surface area contributed by atoms with E-state index in [1.54, 1.807) is 6.07 Å². The Morgan fingerprint density at radius 1 is 1.41 bits per heavy atom. The van der Waals surface area contributed by atoms with Crippen molar-refractivity contribution in [1.29, 1.82) is 0 Å². The molecule has 7 heteroatoms. The Morgan fingerprint density at radius 2 is 2.09 bits per heavy atom. The first-order valence-corrected chi connectivity index (χ1v) is 7.28. The number of ether oxygens (including phenoxy) is 2. The van der Waals surface area contributed by atoms with E-state index in [9.17, 15) is 13.6 Å². The number of hydrogen-bond donors (Lipinski definition) is 1. The summed E-state index contributed by atoms with van der Waals surface area (Å²) in [4.78, 5) is 16.1. The molecule has 1 amide bonds. The smallest absolute Gasteiger partial charge is 0.272 e. The number of halogens is 2. The van der Waals surface area contributed by atoms with Gasteiger partial charge in [-0.3, -0.25) is 4.79 Å². The van der Waals surface area contributed by atoms with Gasteiger partial charge in [0.15, 0.2) is 6.61 Å². The number of hydrogen-bond acceptors (Lipinski definition) is 4. The molecule has 1 saturated heterocycles. The lowest BCUT2D eigenvalue weighted by molar-refractivity contribution is -0.0408. The van der Waals surface area contributed by atoms with Crippen molar-refractivity contribution in [2.24, 2.45) is 0 Å². The van der Waals surface area contributed by atoms with Crippen LogP contribution < -0.4 is 10.1 Å². The maximum absolute atomic E-state index is 12.2. The first-order chi connectivity index (χ1) is 10.4. The van der Waals surface area contributed by atoms with Gasteiger partial charge in [-0.2, -0.15) is 0 Å². The van der Waals surface area contributed by atoms with Crippen LogP contribution in [-0.4, -0.2) is 42.2 Å². The van der Waals surface area contributed by atoms with Crippen molar-refractivity contribution in [2.45, 2.75) is 51.4 Å². The fourth-order valence-electron chi connectivity index (χ4n) is 2.55. The summed E-state index contributed by atoms with van der Waals surface area (Å²) < 4.78 is 34.7. The zero-order valence-electron chi connectivity index (χ0n) is 12.6. The molecule has 0 aromatic carbocycles. The fraction of sp³-hybridized carbons (Fsp3) is 0.600. The van der Waals surface area contributed by atoms with Crippen LogP contribution in [0.15, 0.2) is 18.2 Å². The van der Waals surface area contributed by atoms with Gasteiger partial charge in [-0.05, 0) is 32.8 Å². The van der Waals surface area contributed by atoms with Crippen molar-refractivity contribution >= 4 is 5.91 Å². The van der Waals surface area contributed by atoms with Gasteiger partial charge in [-0.25, -0.2) is 13.8 Å². The zero-order chi connectivity index (χ0) is 16.1. The van der Waals surface area contributed by atoms with Crippen molar-refractivity contribution in [3.63, 3.8) is 0 Å². The van der Waals surface area contributed by atoms with Crippen LogP contribution in [0.3, 0.4) is 0 Å². The van der Waals surface area contributed by atoms with Crippen LogP contribution >= 0.6 is 0 Å². The molecule has 0 radical (unpaired) electrons. The minimum atomic E-state index is -2.58. The summed E-state index contributed by atoms with van der Waals surface area (Å²) >= 11 is 0. The number of alkyl halides is 2. The zero-order valence-corrected chi connectivity index (χ0v) is 12.6. The molecule has 1 N–H and O–H groups in total. The van der Waals surface area contributed by atoms with E-state index in [2.05, 4.69) is 10.3 Å². The molecule has 0 spiro atoms. The second kappa shape index (κ2) is 7.49. The summed E-state index contributed by atoms with van der Waals surface area (Å²) in [6.45, 7) is 3.19. The van der Waals surface area contributed by atoms with Crippen LogP contribution in [0.2, 0.25) is 0 Å². The lowest BCUT2D eigenvalue weighted by atomic mass is 10.00. The standard InChI is InChI=1S/C15H20F2N2O3/c1-9-6-11(7-10(2)22-9)18-15(20)12-4-3-5-14(19-12)21-8-13(16)17/h3-5,9-11,13H,6-8H2,1-2H3,(H,18,20). The predicted molar refractivity (Wildman–Crippen MR) is 76.2 cm³/mol. The van der Waals surface area contributed by atoms with Gasteiger partial charge in [-0.1, -0.05) is 6.07 Å². The molecule has 2 heterocycles. The van der Waals surface area contributed by atoms with Gasteiger partial charge in [0.05, 0.1) is 12.2 Å². The van der Waals surface area contributed by atoms with Gasteiger partial charge in [0.25, 0.3) is 12.3 Å². The van der Waals surface area contributed by atoms with E-state index in [1.165, 1.54) is 12.1 Å². The number of nitrogens with one attached hydrogen (secondary N) is 1. The summed E-state index contributed by atoms with van der Waals surface area (Å²) in [5.74, 6) is -0.324. The molecule has 1 aromatic rings. The summed E-state index contributed by atoms with van der Waals surface area (Å²) in [5, 5.41) is 2.90. The summed E-state index contributed by atoms with van der Waals surface area (Å²) in [6.07, 6.45) is -0.940. The molecule has 22 heavy (non-hydrogen) atoms. The van der Waals surface area contributed by atoms with Crippen molar-refractivity contribution in [1.82, 2.24) is 10.3 Å². The van der Waals surface area contributed by atoms with Crippen molar-refractivity contribution in [3.05, 3.63) is 23.9 Å². The minimum Gasteiger partial charge on any atom is -0.472 e. The van der Waals surface area contributed by atoms with E-state index in [4.69, 9.17) is 9.47 Å². The third-order valence-electron chi connectivity index (χ3n) is 3.35. The Hall–Kier alpha value is -1.76. The lowest BCUT2D eigenvalue weighted by Crippen LogP contribution is -2.44. The Labute approximate surface area is 128 Å². The SMILES string of the molecule is CC1CC(NC(=O)c2cccc(OCC(F)F)n2)CC(C)O1. The quantitative estimate of drug-likeness (QED) is 0.906. The maximum Gasteiger partial charge on any atom is 0.272 e. The Morgan fingerprint density at radius 3 is 2.73 bits per heavy atom. The van der Waals surface area contributed by atoms with Gasteiger partial charge in [-0.15, -0.1) is 0 Å². The number of carbonyl (C=O) groups is 1. The highest BCUT2D eigenvalue weighted by atomic mass is 19.3. The number of nitrogens with zero attached hydrogens (tertiary/aromatic N) is 1. The predicted octanol–water partition coefficient (Wildman–Crippen LogP) is 2.41. The number of aromatic nitrogens is 1. The lowest BCUT2D eigenvalue weighted by Gasteiger charge is -2.32. The Kier molecular flexibility index (Phi) is 5.65. The van der Waals surface area contributed by atoms with E-state index < -0.39 is 13.0 Å². The first-order valence-electron chi connectivity index (χ1n) is 7.28. The van der Waals surface area contributed by atoms with Crippen LogP contribution in [0, 0.1) is 0 Å². The largest absolute Gasteiger partial charge is 0.472 e. The summed E-state index contributed by atoms with van der Waals surface area (Å²) in [7, 11) is 0. The second-order valence-electron chi connectivity index (χ2n) is 5.46. The Balaban J connectivity index is 1.95. The molecule has 2 unspecified atom stereocenters. The molecule has 1 aliphatic heterocycles. The van der Waals surface area contributed by atoms with Crippen LogP contribution in [0.1, 0.15) is 37.2 Å². The first kappa shape index (κ1) is 16.6. The van der Waals surface area contributed by atoms with Gasteiger partial charge >= 0.3 is 0 Å². The van der Waals surface area contributed by atoms with E-state index in [1.807, 2.05) is 13.8 Å². The number of carbonyl (C=O) groups excluding carboxylic acids is 1. The van der Waals surface area contributed by atoms with Crippen molar-refractivity contribution in [3.8, 4) is 5.88 Å². The molecule has 2 rings (SSSR count). The van der Waals surface area contributed by atoms with E-state index in [0.29, 0.717) is 0 Å². The van der Waals surface area contributed by atoms with Gasteiger partial charge in [0.2, 0.25) is 5.88 Å². The molecule has 1 aromatic heterocycles. The van der Waals surface area contributed by atoms with Crippen LogP contribution in [0.5, 0.6) is 5.88 Å². The molecular weight excluding hydrogens is 294 g/mol. The molecule has 0 saturated carbocycles. The van der Waals surface area contributed by atoms with E-state index in [0.717, 1.165) is 12.8 Å². The third-order valence-corrected chi connectivity index (χ3v) is 3.35. The van der Waals surface area contributed by atoms with Crippen LogP contribution in [0.4, 0.5) is 8.78 Å².